The quantitative estimate of drug-likeness (QED) is 0.540. The number of hydrogen-bond donors (Lipinski definition) is 2. The average Bonchev–Trinajstić information content (AvgIpc) is 2.69. The summed E-state index contributed by atoms with van der Waals surface area (Å²) in [5.74, 6) is -1.24. The van der Waals surface area contributed by atoms with Gasteiger partial charge in [-0.15, -0.1) is 0 Å². The van der Waals surface area contributed by atoms with E-state index in [1.165, 1.54) is 36.5 Å². The van der Waals surface area contributed by atoms with Crippen molar-refractivity contribution in [3.05, 3.63) is 95.6 Å². The van der Waals surface area contributed by atoms with E-state index in [1.807, 2.05) is 0 Å². The summed E-state index contributed by atoms with van der Waals surface area (Å²) in [6.07, 6.45) is 4.73. The van der Waals surface area contributed by atoms with Crippen molar-refractivity contribution in [1.82, 2.24) is 10.4 Å². The van der Waals surface area contributed by atoms with Crippen molar-refractivity contribution < 1.29 is 14.0 Å². The molecule has 0 radical (unpaired) electrons. The Hall–Kier alpha value is -3.87. The van der Waals surface area contributed by atoms with Gasteiger partial charge in [-0.25, -0.2) is 9.82 Å². The van der Waals surface area contributed by atoms with E-state index in [4.69, 9.17) is 0 Å². The molecule has 2 N–H and O–H groups in total. The fourth-order valence-corrected chi connectivity index (χ4v) is 2.23. The van der Waals surface area contributed by atoms with Crippen molar-refractivity contribution in [2.75, 3.05) is 5.32 Å². The lowest BCUT2D eigenvalue weighted by Crippen LogP contribution is -2.18. The Bertz CT molecular complexity index is 973. The number of amides is 2. The highest BCUT2D eigenvalue weighted by atomic mass is 19.1. The lowest BCUT2D eigenvalue weighted by atomic mass is 10.1. The molecule has 0 aliphatic rings. The van der Waals surface area contributed by atoms with Crippen LogP contribution in [0.4, 0.5) is 10.1 Å². The average molecular weight is 362 g/mol. The van der Waals surface area contributed by atoms with Gasteiger partial charge in [0.15, 0.2) is 0 Å². The molecule has 0 spiro atoms. The second-order valence-electron chi connectivity index (χ2n) is 5.53. The van der Waals surface area contributed by atoms with Gasteiger partial charge in [-0.3, -0.25) is 14.6 Å². The summed E-state index contributed by atoms with van der Waals surface area (Å²) in [7, 11) is 0. The third-order valence-corrected chi connectivity index (χ3v) is 3.55. The molecule has 0 unspecified atom stereocenters. The van der Waals surface area contributed by atoms with Gasteiger partial charge >= 0.3 is 0 Å². The van der Waals surface area contributed by atoms with Crippen LogP contribution in [0.5, 0.6) is 0 Å². The number of nitrogens with zero attached hydrogens (tertiary/aromatic N) is 2. The van der Waals surface area contributed by atoms with Crippen LogP contribution in [-0.2, 0) is 0 Å². The molecular weight excluding hydrogens is 347 g/mol. The number of carbonyl (C=O) groups is 2. The number of benzene rings is 2. The van der Waals surface area contributed by atoms with E-state index in [0.717, 1.165) is 5.56 Å². The number of anilines is 1. The molecule has 1 aromatic heterocycles. The summed E-state index contributed by atoms with van der Waals surface area (Å²) in [6.45, 7) is 0. The smallest absolute Gasteiger partial charge is 0.271 e. The van der Waals surface area contributed by atoms with Gasteiger partial charge in [0.2, 0.25) is 0 Å². The van der Waals surface area contributed by atoms with Crippen LogP contribution in [0.1, 0.15) is 26.3 Å². The van der Waals surface area contributed by atoms with E-state index in [2.05, 4.69) is 20.8 Å². The fraction of sp³-hybridized carbons (Fsp3) is 0. The lowest BCUT2D eigenvalue weighted by molar-refractivity contribution is 0.0953. The Morgan fingerprint density at radius 2 is 1.78 bits per heavy atom. The first-order valence-electron chi connectivity index (χ1n) is 8.02. The standard InChI is InChI=1S/C20H15FN4O2/c21-17-8-6-15(7-9-17)19(26)24-18-5-1-4-16(11-18)20(27)25-23-13-14-3-2-10-22-12-14/h1-13H,(H,24,26)(H,25,27)/b23-13+. The number of rotatable bonds is 5. The monoisotopic (exact) mass is 362 g/mol. The van der Waals surface area contributed by atoms with E-state index in [-0.39, 0.29) is 0 Å². The molecule has 0 bridgehead atoms. The zero-order valence-electron chi connectivity index (χ0n) is 14.1. The number of hydrogen-bond acceptors (Lipinski definition) is 4. The molecule has 134 valence electrons. The molecule has 3 aromatic rings. The highest BCUT2D eigenvalue weighted by Crippen LogP contribution is 2.13. The predicted octanol–water partition coefficient (Wildman–Crippen LogP) is 3.24. The number of carbonyl (C=O) groups excluding carboxylic acids is 2. The van der Waals surface area contributed by atoms with Crippen molar-refractivity contribution >= 4 is 23.7 Å². The largest absolute Gasteiger partial charge is 0.322 e. The van der Waals surface area contributed by atoms with Crippen LogP contribution in [0.3, 0.4) is 0 Å². The van der Waals surface area contributed by atoms with Crippen LogP contribution in [0, 0.1) is 5.82 Å². The Morgan fingerprint density at radius 1 is 0.963 bits per heavy atom. The van der Waals surface area contributed by atoms with Crippen molar-refractivity contribution in [3.8, 4) is 0 Å². The second kappa shape index (κ2) is 8.48. The maximum Gasteiger partial charge on any atom is 0.271 e. The minimum Gasteiger partial charge on any atom is -0.322 e. The van der Waals surface area contributed by atoms with E-state index < -0.39 is 17.6 Å². The summed E-state index contributed by atoms with van der Waals surface area (Å²) >= 11 is 0. The van der Waals surface area contributed by atoms with Gasteiger partial charge in [0.25, 0.3) is 11.8 Å². The normalized spacial score (nSPS) is 10.6. The SMILES string of the molecule is O=C(N/N=C/c1cccnc1)c1cccc(NC(=O)c2ccc(F)cc2)c1. The molecule has 27 heavy (non-hydrogen) atoms. The first-order valence-corrected chi connectivity index (χ1v) is 8.02. The third kappa shape index (κ3) is 5.05. The third-order valence-electron chi connectivity index (χ3n) is 3.55. The highest BCUT2D eigenvalue weighted by molar-refractivity contribution is 6.05. The fourth-order valence-electron chi connectivity index (χ4n) is 2.23. The van der Waals surface area contributed by atoms with Gasteiger partial charge in [0, 0.05) is 34.8 Å². The summed E-state index contributed by atoms with van der Waals surface area (Å²) in [6, 6.07) is 15.2. The van der Waals surface area contributed by atoms with E-state index in [9.17, 15) is 14.0 Å². The topological polar surface area (TPSA) is 83.4 Å². The van der Waals surface area contributed by atoms with Crippen LogP contribution in [0.15, 0.2) is 78.2 Å². The van der Waals surface area contributed by atoms with Crippen LogP contribution in [0.2, 0.25) is 0 Å². The first-order chi connectivity index (χ1) is 13.1. The molecule has 7 heteroatoms. The van der Waals surface area contributed by atoms with E-state index >= 15 is 0 Å². The number of nitrogens with one attached hydrogen (secondary N) is 2. The highest BCUT2D eigenvalue weighted by Gasteiger charge is 2.09. The molecule has 2 aromatic carbocycles. The molecule has 0 atom stereocenters. The zero-order valence-corrected chi connectivity index (χ0v) is 14.1. The van der Waals surface area contributed by atoms with Crippen molar-refractivity contribution in [3.63, 3.8) is 0 Å². The molecule has 0 aliphatic heterocycles. The predicted molar refractivity (Wildman–Crippen MR) is 100 cm³/mol. The van der Waals surface area contributed by atoms with Gasteiger partial charge in [-0.2, -0.15) is 5.10 Å². The number of aromatic nitrogens is 1. The van der Waals surface area contributed by atoms with Crippen LogP contribution in [-0.4, -0.2) is 23.0 Å². The van der Waals surface area contributed by atoms with Crippen molar-refractivity contribution in [2.24, 2.45) is 5.10 Å². The number of hydrazone groups is 1. The van der Waals surface area contributed by atoms with Gasteiger partial charge in [-0.1, -0.05) is 12.1 Å². The van der Waals surface area contributed by atoms with E-state index in [0.29, 0.717) is 16.8 Å². The lowest BCUT2D eigenvalue weighted by Gasteiger charge is -2.07. The molecule has 0 fully saturated rings. The molecule has 3 rings (SSSR count). The Balaban J connectivity index is 1.64. The number of halogens is 1. The van der Waals surface area contributed by atoms with Gasteiger partial charge in [0.05, 0.1) is 6.21 Å². The Kier molecular flexibility index (Phi) is 5.64. The molecule has 0 aliphatic carbocycles. The molecule has 2 amide bonds. The van der Waals surface area contributed by atoms with Gasteiger partial charge in [0.1, 0.15) is 5.82 Å². The van der Waals surface area contributed by atoms with Gasteiger partial charge in [-0.05, 0) is 48.5 Å². The Labute approximate surface area is 154 Å². The Morgan fingerprint density at radius 3 is 2.52 bits per heavy atom. The van der Waals surface area contributed by atoms with Crippen molar-refractivity contribution in [1.29, 1.82) is 0 Å². The van der Waals surface area contributed by atoms with E-state index in [1.54, 1.807) is 42.7 Å². The number of pyridine rings is 1. The minimum absolute atomic E-state index is 0.312. The zero-order chi connectivity index (χ0) is 19.1. The summed E-state index contributed by atoms with van der Waals surface area (Å²) < 4.78 is 12.9. The molecule has 1 heterocycles. The molecule has 6 nitrogen and oxygen atoms in total. The second-order valence-corrected chi connectivity index (χ2v) is 5.53. The maximum atomic E-state index is 12.9. The van der Waals surface area contributed by atoms with Crippen LogP contribution >= 0.6 is 0 Å². The molecule has 0 saturated carbocycles. The summed E-state index contributed by atoms with van der Waals surface area (Å²) in [5, 5.41) is 6.54. The van der Waals surface area contributed by atoms with Gasteiger partial charge < -0.3 is 5.32 Å². The first kappa shape index (κ1) is 17.9. The van der Waals surface area contributed by atoms with Crippen LogP contribution < -0.4 is 10.7 Å². The maximum absolute atomic E-state index is 12.9. The molecular formula is C20H15FN4O2. The minimum atomic E-state index is -0.423. The summed E-state index contributed by atoms with van der Waals surface area (Å²) in [4.78, 5) is 28.3. The van der Waals surface area contributed by atoms with Crippen molar-refractivity contribution in [2.45, 2.75) is 0 Å². The van der Waals surface area contributed by atoms with Crippen LogP contribution in [0.25, 0.3) is 0 Å². The summed E-state index contributed by atoms with van der Waals surface area (Å²) in [5.41, 5.74) is 4.24. The molecule has 0 saturated heterocycles.